The smallest absolute Gasteiger partial charge is 0.418 e. The van der Waals surface area contributed by atoms with E-state index < -0.39 is 41.9 Å². The van der Waals surface area contributed by atoms with Crippen LogP contribution in [0, 0.1) is 11.7 Å². The van der Waals surface area contributed by atoms with Crippen molar-refractivity contribution in [2.24, 2.45) is 5.92 Å². The van der Waals surface area contributed by atoms with Crippen LogP contribution in [-0.2, 0) is 52.1 Å². The number of hydrogen-bond donors (Lipinski definition) is 2. The highest BCUT2D eigenvalue weighted by Gasteiger charge is 2.58. The molecule has 296 valence electrons. The molecule has 5 rings (SSSR count). The molecule has 1 saturated heterocycles. The number of nitrogens with one attached hydrogen (secondary N) is 2. The first-order valence-corrected chi connectivity index (χ1v) is 19.7. The number of halogens is 1. The summed E-state index contributed by atoms with van der Waals surface area (Å²) in [5.74, 6) is -1.59. The van der Waals surface area contributed by atoms with Crippen molar-refractivity contribution in [3.8, 4) is 0 Å². The monoisotopic (exact) mass is 760 g/mol. The SMILES string of the molecule is CC(=O)Nc1ccc2c(c1)CC[C@@]21OC(=O)N(CC(=O)N(Cc2ccc(F)cc2)[C@@H](C)CNC(=O)CCC(=O)CCCCCCCC(=O)C2CCCC2)C1=O. The van der Waals surface area contributed by atoms with E-state index in [1.807, 2.05) is 0 Å². The molecule has 1 saturated carbocycles. The number of aryl methyl sites for hydroxylation is 1. The molecule has 0 aromatic heterocycles. The number of anilines is 1. The van der Waals surface area contributed by atoms with Gasteiger partial charge in [0, 0.05) is 75.3 Å². The number of ketones is 2. The van der Waals surface area contributed by atoms with Crippen LogP contribution in [0.25, 0.3) is 0 Å². The lowest BCUT2D eigenvalue weighted by Crippen LogP contribution is -2.50. The number of rotatable bonds is 20. The second kappa shape index (κ2) is 19.1. The number of carbonyl (C=O) groups excluding carboxylic acids is 7. The summed E-state index contributed by atoms with van der Waals surface area (Å²) in [7, 11) is 0. The van der Waals surface area contributed by atoms with Crippen LogP contribution in [0.2, 0.25) is 0 Å². The summed E-state index contributed by atoms with van der Waals surface area (Å²) in [6.45, 7) is 2.55. The van der Waals surface area contributed by atoms with Crippen LogP contribution in [0.15, 0.2) is 42.5 Å². The predicted octanol–water partition coefficient (Wildman–Crippen LogP) is 6.28. The zero-order valence-corrected chi connectivity index (χ0v) is 32.0. The first-order chi connectivity index (χ1) is 26.4. The van der Waals surface area contributed by atoms with E-state index >= 15 is 0 Å². The molecule has 0 unspecified atom stereocenters. The standard InChI is InChI=1S/C42H53FN4O8/c1-28(25-44-38(51)21-19-35(49)12-6-4-3-5-7-13-37(50)31-10-8-9-11-31)46(26-30-14-16-33(43)17-15-30)39(52)27-47-40(53)42(55-41(47)54)23-22-32-24-34(45-29(2)48)18-20-36(32)42/h14-18,20,24,28,31H,3-13,19,21-23,25-27H2,1-2H3,(H,44,51)(H,45,48)/t28-,42+/m0/s1. The summed E-state index contributed by atoms with van der Waals surface area (Å²) in [6, 6.07) is 10.00. The number of carbonyl (C=O) groups is 7. The minimum absolute atomic E-state index is 0.00469. The lowest BCUT2D eigenvalue weighted by Gasteiger charge is -2.31. The summed E-state index contributed by atoms with van der Waals surface area (Å²) in [5.41, 5.74) is 0.835. The number of nitrogens with zero attached hydrogens (tertiary/aromatic N) is 2. The highest BCUT2D eigenvalue weighted by atomic mass is 19.1. The second-order valence-electron chi connectivity index (χ2n) is 15.2. The Labute approximate surface area is 321 Å². The topological polar surface area (TPSA) is 159 Å². The maximum atomic E-state index is 13.9. The number of imide groups is 1. The molecule has 3 aliphatic rings. The minimum atomic E-state index is -1.57. The number of hydrogen-bond acceptors (Lipinski definition) is 8. The molecule has 2 aromatic carbocycles. The van der Waals surface area contributed by atoms with Gasteiger partial charge in [-0.1, -0.05) is 50.3 Å². The zero-order chi connectivity index (χ0) is 39.5. The summed E-state index contributed by atoms with van der Waals surface area (Å²) >= 11 is 0. The third-order valence-corrected chi connectivity index (χ3v) is 11.0. The zero-order valence-electron chi connectivity index (χ0n) is 32.0. The first kappa shape index (κ1) is 41.2. The van der Waals surface area contributed by atoms with Crippen molar-refractivity contribution in [1.29, 1.82) is 0 Å². The molecule has 1 heterocycles. The third-order valence-electron chi connectivity index (χ3n) is 11.0. The summed E-state index contributed by atoms with van der Waals surface area (Å²) in [6.07, 6.45) is 9.73. The number of unbranched alkanes of at least 4 members (excludes halogenated alkanes) is 4. The molecule has 0 bridgehead atoms. The maximum Gasteiger partial charge on any atom is 0.418 e. The Balaban J connectivity index is 1.09. The normalized spacial score (nSPS) is 18.3. The Morgan fingerprint density at radius 1 is 0.927 bits per heavy atom. The molecule has 2 aromatic rings. The Bertz CT molecular complexity index is 1760. The Hall–Kier alpha value is -4.94. The molecule has 2 atom stereocenters. The van der Waals surface area contributed by atoms with E-state index in [-0.39, 0.29) is 55.9 Å². The fourth-order valence-electron chi connectivity index (χ4n) is 7.88. The largest absolute Gasteiger partial charge is 0.427 e. The van der Waals surface area contributed by atoms with Gasteiger partial charge in [-0.15, -0.1) is 0 Å². The minimum Gasteiger partial charge on any atom is -0.427 e. The Kier molecular flexibility index (Phi) is 14.3. The first-order valence-electron chi connectivity index (χ1n) is 19.7. The van der Waals surface area contributed by atoms with Gasteiger partial charge >= 0.3 is 6.09 Å². The van der Waals surface area contributed by atoms with E-state index in [4.69, 9.17) is 4.74 Å². The highest BCUT2D eigenvalue weighted by molar-refractivity contribution is 6.06. The number of benzene rings is 2. The van der Waals surface area contributed by atoms with Gasteiger partial charge in [0.05, 0.1) is 0 Å². The van der Waals surface area contributed by atoms with Crippen molar-refractivity contribution < 1.29 is 42.7 Å². The number of amides is 5. The van der Waals surface area contributed by atoms with E-state index in [2.05, 4.69) is 10.6 Å². The van der Waals surface area contributed by atoms with Crippen molar-refractivity contribution >= 4 is 47.0 Å². The number of Topliss-reactive ketones (excluding diaryl/α,β-unsaturated/α-hetero) is 2. The van der Waals surface area contributed by atoms with E-state index in [0.29, 0.717) is 41.9 Å². The average Bonchev–Trinajstić information content (AvgIpc) is 3.88. The van der Waals surface area contributed by atoms with Crippen LogP contribution >= 0.6 is 0 Å². The lowest BCUT2D eigenvalue weighted by molar-refractivity contribution is -0.143. The fourth-order valence-corrected chi connectivity index (χ4v) is 7.88. The number of ether oxygens (including phenoxy) is 1. The van der Waals surface area contributed by atoms with Crippen molar-refractivity contribution in [3.05, 3.63) is 65.0 Å². The molecule has 1 spiro atoms. The molecule has 2 aliphatic carbocycles. The van der Waals surface area contributed by atoms with Gasteiger partial charge in [0.25, 0.3) is 5.91 Å². The summed E-state index contributed by atoms with van der Waals surface area (Å²) in [4.78, 5) is 92.0. The predicted molar refractivity (Wildman–Crippen MR) is 202 cm³/mol. The molecule has 0 radical (unpaired) electrons. The van der Waals surface area contributed by atoms with Crippen LogP contribution in [0.1, 0.15) is 120 Å². The van der Waals surface area contributed by atoms with Gasteiger partial charge in [0.1, 0.15) is 23.9 Å². The van der Waals surface area contributed by atoms with Gasteiger partial charge in [0.15, 0.2) is 0 Å². The Morgan fingerprint density at radius 2 is 1.62 bits per heavy atom. The van der Waals surface area contributed by atoms with Gasteiger partial charge in [0.2, 0.25) is 23.3 Å². The van der Waals surface area contributed by atoms with Gasteiger partial charge < -0.3 is 20.3 Å². The van der Waals surface area contributed by atoms with Crippen LogP contribution in [0.3, 0.4) is 0 Å². The van der Waals surface area contributed by atoms with Crippen LogP contribution in [0.4, 0.5) is 14.9 Å². The van der Waals surface area contributed by atoms with Gasteiger partial charge in [-0.2, -0.15) is 0 Å². The molecule has 13 heteroatoms. The number of fused-ring (bicyclic) bond motifs is 2. The van der Waals surface area contributed by atoms with Gasteiger partial charge in [-0.05, 0) is 74.4 Å². The van der Waals surface area contributed by atoms with Crippen molar-refractivity contribution in [1.82, 2.24) is 15.1 Å². The van der Waals surface area contributed by atoms with Crippen LogP contribution in [-0.4, -0.2) is 70.2 Å². The highest BCUT2D eigenvalue weighted by Crippen LogP contribution is 2.46. The van der Waals surface area contributed by atoms with Gasteiger partial charge in [-0.3, -0.25) is 28.8 Å². The van der Waals surface area contributed by atoms with Gasteiger partial charge in [-0.25, -0.2) is 14.1 Å². The van der Waals surface area contributed by atoms with Crippen molar-refractivity contribution in [2.75, 3.05) is 18.4 Å². The molecule has 1 aliphatic heterocycles. The quantitative estimate of drug-likeness (QED) is 0.149. The molecule has 2 N–H and O–H groups in total. The van der Waals surface area contributed by atoms with Crippen molar-refractivity contribution in [3.63, 3.8) is 0 Å². The second-order valence-corrected chi connectivity index (χ2v) is 15.2. The van der Waals surface area contributed by atoms with E-state index in [0.717, 1.165) is 68.3 Å². The molecule has 55 heavy (non-hydrogen) atoms. The molecule has 5 amide bonds. The molecule has 2 fully saturated rings. The lowest BCUT2D eigenvalue weighted by atomic mass is 9.94. The van der Waals surface area contributed by atoms with Crippen molar-refractivity contribution in [2.45, 2.75) is 128 Å². The average molecular weight is 761 g/mol. The third kappa shape index (κ3) is 10.9. The summed E-state index contributed by atoms with van der Waals surface area (Å²) in [5, 5.41) is 5.50. The summed E-state index contributed by atoms with van der Waals surface area (Å²) < 4.78 is 19.4. The fraction of sp³-hybridized carbons (Fsp3) is 0.548. The van der Waals surface area contributed by atoms with Crippen LogP contribution < -0.4 is 10.6 Å². The molecular weight excluding hydrogens is 707 g/mol. The van der Waals surface area contributed by atoms with E-state index in [1.165, 1.54) is 36.1 Å². The van der Waals surface area contributed by atoms with E-state index in [1.54, 1.807) is 25.1 Å². The molecular formula is C42H53FN4O8. The molecule has 12 nitrogen and oxygen atoms in total. The van der Waals surface area contributed by atoms with E-state index in [9.17, 15) is 38.0 Å². The maximum absolute atomic E-state index is 13.9. The Morgan fingerprint density at radius 3 is 2.33 bits per heavy atom. The van der Waals surface area contributed by atoms with Crippen LogP contribution in [0.5, 0.6) is 0 Å².